The molecule has 1 aromatic heterocycles. The van der Waals surface area contributed by atoms with E-state index in [1.807, 2.05) is 31.2 Å². The van der Waals surface area contributed by atoms with Crippen LogP contribution in [0, 0.1) is 0 Å². The van der Waals surface area contributed by atoms with E-state index in [2.05, 4.69) is 5.32 Å². The van der Waals surface area contributed by atoms with Crippen LogP contribution in [0.15, 0.2) is 82.2 Å². The van der Waals surface area contributed by atoms with Crippen molar-refractivity contribution in [3.8, 4) is 16.9 Å². The number of fused-ring (bicyclic) bond motifs is 1. The number of nitrogens with one attached hydrogen (secondary N) is 1. The normalized spacial score (nSPS) is 10.8. The molecule has 0 aliphatic heterocycles. The molecule has 3 aromatic carbocycles. The third kappa shape index (κ3) is 4.62. The number of carbonyl (C=O) groups is 1. The van der Waals surface area contributed by atoms with Crippen LogP contribution in [-0.2, 0) is 11.2 Å². The average molecular weight is 434 g/mol. The molecule has 0 bridgehead atoms. The number of halogens is 1. The highest BCUT2D eigenvalue weighted by atomic mass is 35.5. The fraction of sp³-hybridized carbons (Fsp3) is 0.120. The van der Waals surface area contributed by atoms with Crippen LogP contribution >= 0.6 is 11.6 Å². The van der Waals surface area contributed by atoms with Crippen LogP contribution in [0.2, 0.25) is 5.02 Å². The molecular weight excluding hydrogens is 414 g/mol. The molecule has 0 saturated heterocycles. The SMILES string of the molecule is CCc1ccccc1NC(=O)COc1ccc2c(=O)c(-c3ccc(Cl)cc3)coc2c1. The van der Waals surface area contributed by atoms with E-state index in [-0.39, 0.29) is 17.9 Å². The molecule has 4 rings (SSSR count). The van der Waals surface area contributed by atoms with Crippen molar-refractivity contribution in [2.24, 2.45) is 0 Å². The molecule has 0 fully saturated rings. The van der Waals surface area contributed by atoms with Gasteiger partial charge in [-0.25, -0.2) is 0 Å². The number of aryl methyl sites for hydroxylation is 1. The second-order valence-electron chi connectivity index (χ2n) is 6.99. The number of hydrogen-bond donors (Lipinski definition) is 1. The minimum Gasteiger partial charge on any atom is -0.484 e. The van der Waals surface area contributed by atoms with Crippen molar-refractivity contribution in [2.45, 2.75) is 13.3 Å². The summed E-state index contributed by atoms with van der Waals surface area (Å²) in [4.78, 5) is 25.1. The monoisotopic (exact) mass is 433 g/mol. The number of ether oxygens (including phenoxy) is 1. The quantitative estimate of drug-likeness (QED) is 0.424. The van der Waals surface area contributed by atoms with Gasteiger partial charge in [0.2, 0.25) is 0 Å². The summed E-state index contributed by atoms with van der Waals surface area (Å²) in [5.74, 6) is 0.175. The Kier molecular flexibility index (Phi) is 6.05. The van der Waals surface area contributed by atoms with E-state index >= 15 is 0 Å². The number of carbonyl (C=O) groups excluding carboxylic acids is 1. The van der Waals surface area contributed by atoms with Gasteiger partial charge in [-0.1, -0.05) is 48.9 Å². The lowest BCUT2D eigenvalue weighted by Gasteiger charge is -2.11. The van der Waals surface area contributed by atoms with Gasteiger partial charge in [-0.05, 0) is 47.9 Å². The molecule has 0 spiro atoms. The maximum Gasteiger partial charge on any atom is 0.262 e. The number of para-hydroxylation sites is 1. The summed E-state index contributed by atoms with van der Waals surface area (Å²) in [5, 5.41) is 3.89. The van der Waals surface area contributed by atoms with Crippen LogP contribution in [0.1, 0.15) is 12.5 Å². The van der Waals surface area contributed by atoms with Crippen molar-refractivity contribution >= 4 is 34.2 Å². The average Bonchev–Trinajstić information content (AvgIpc) is 2.79. The van der Waals surface area contributed by atoms with E-state index in [4.69, 9.17) is 20.8 Å². The minimum absolute atomic E-state index is 0.149. The van der Waals surface area contributed by atoms with Crippen molar-refractivity contribution in [3.63, 3.8) is 0 Å². The standard InChI is InChI=1S/C25H20ClNO4/c1-2-16-5-3-4-6-22(16)27-24(28)15-30-19-11-12-20-23(13-19)31-14-21(25(20)29)17-7-9-18(26)10-8-17/h3-14H,2,15H2,1H3,(H,27,28). The summed E-state index contributed by atoms with van der Waals surface area (Å²) >= 11 is 5.92. The summed E-state index contributed by atoms with van der Waals surface area (Å²) in [6, 6.07) is 19.5. The van der Waals surface area contributed by atoms with Crippen LogP contribution in [0.5, 0.6) is 5.75 Å². The summed E-state index contributed by atoms with van der Waals surface area (Å²) in [6.07, 6.45) is 2.24. The Morgan fingerprint density at radius 2 is 1.84 bits per heavy atom. The zero-order chi connectivity index (χ0) is 21.8. The third-order valence-electron chi connectivity index (χ3n) is 4.94. The lowest BCUT2D eigenvalue weighted by atomic mass is 10.1. The maximum atomic E-state index is 12.9. The van der Waals surface area contributed by atoms with Crippen molar-refractivity contribution in [1.29, 1.82) is 0 Å². The van der Waals surface area contributed by atoms with Crippen LogP contribution in [0.25, 0.3) is 22.1 Å². The number of benzene rings is 3. The zero-order valence-corrected chi connectivity index (χ0v) is 17.6. The summed E-state index contributed by atoms with van der Waals surface area (Å²) in [7, 11) is 0. The second-order valence-corrected chi connectivity index (χ2v) is 7.43. The van der Waals surface area contributed by atoms with Crippen LogP contribution in [0.4, 0.5) is 5.69 Å². The highest BCUT2D eigenvalue weighted by molar-refractivity contribution is 6.30. The van der Waals surface area contributed by atoms with Crippen molar-refractivity contribution in [1.82, 2.24) is 0 Å². The van der Waals surface area contributed by atoms with Gasteiger partial charge in [-0.3, -0.25) is 9.59 Å². The minimum atomic E-state index is -0.263. The third-order valence-corrected chi connectivity index (χ3v) is 5.20. The lowest BCUT2D eigenvalue weighted by molar-refractivity contribution is -0.118. The van der Waals surface area contributed by atoms with Gasteiger partial charge in [-0.2, -0.15) is 0 Å². The van der Waals surface area contributed by atoms with E-state index in [9.17, 15) is 9.59 Å². The molecule has 4 aromatic rings. The molecule has 6 heteroatoms. The molecule has 0 radical (unpaired) electrons. The number of amides is 1. The van der Waals surface area contributed by atoms with Crippen LogP contribution in [0.3, 0.4) is 0 Å². The van der Waals surface area contributed by atoms with Gasteiger partial charge >= 0.3 is 0 Å². The fourth-order valence-corrected chi connectivity index (χ4v) is 3.44. The topological polar surface area (TPSA) is 68.5 Å². The highest BCUT2D eigenvalue weighted by Gasteiger charge is 2.11. The largest absolute Gasteiger partial charge is 0.484 e. The Labute approximate surface area is 184 Å². The summed E-state index contributed by atoms with van der Waals surface area (Å²) < 4.78 is 11.3. The summed E-state index contributed by atoms with van der Waals surface area (Å²) in [6.45, 7) is 1.87. The fourth-order valence-electron chi connectivity index (χ4n) is 3.31. The van der Waals surface area contributed by atoms with Gasteiger partial charge in [0.05, 0.1) is 10.9 Å². The van der Waals surface area contributed by atoms with Gasteiger partial charge in [0.25, 0.3) is 5.91 Å². The second kappa shape index (κ2) is 9.06. The van der Waals surface area contributed by atoms with Gasteiger partial charge in [-0.15, -0.1) is 0 Å². The Balaban J connectivity index is 1.49. The molecule has 1 N–H and O–H groups in total. The Morgan fingerprint density at radius 1 is 1.06 bits per heavy atom. The van der Waals surface area contributed by atoms with Crippen molar-refractivity contribution < 1.29 is 13.9 Å². The molecular formula is C25H20ClNO4. The first-order chi connectivity index (χ1) is 15.0. The molecule has 1 heterocycles. The number of rotatable bonds is 6. The first-order valence-corrected chi connectivity index (χ1v) is 10.2. The summed E-state index contributed by atoms with van der Waals surface area (Å²) in [5.41, 5.74) is 3.25. The van der Waals surface area contributed by atoms with Crippen LogP contribution < -0.4 is 15.5 Å². The first kappa shape index (κ1) is 20.7. The molecule has 0 saturated carbocycles. The highest BCUT2D eigenvalue weighted by Crippen LogP contribution is 2.24. The van der Waals surface area contributed by atoms with Gasteiger partial charge in [0.1, 0.15) is 17.6 Å². The molecule has 0 aliphatic rings. The van der Waals surface area contributed by atoms with Gasteiger partial charge in [0, 0.05) is 16.8 Å². The molecule has 5 nitrogen and oxygen atoms in total. The first-order valence-electron chi connectivity index (χ1n) is 9.87. The van der Waals surface area contributed by atoms with Gasteiger partial charge in [0.15, 0.2) is 12.0 Å². The molecule has 0 unspecified atom stereocenters. The lowest BCUT2D eigenvalue weighted by Crippen LogP contribution is -2.20. The van der Waals surface area contributed by atoms with E-state index in [1.54, 1.807) is 42.5 Å². The number of anilines is 1. The smallest absolute Gasteiger partial charge is 0.262 e. The van der Waals surface area contributed by atoms with Crippen LogP contribution in [-0.4, -0.2) is 12.5 Å². The van der Waals surface area contributed by atoms with E-state index in [0.29, 0.717) is 27.3 Å². The molecule has 156 valence electrons. The Bertz CT molecular complexity index is 1300. The predicted octanol–water partition coefficient (Wildman–Crippen LogP) is 5.69. The van der Waals surface area contributed by atoms with E-state index < -0.39 is 0 Å². The number of hydrogen-bond acceptors (Lipinski definition) is 4. The van der Waals surface area contributed by atoms with Gasteiger partial charge < -0.3 is 14.5 Å². The molecule has 1 amide bonds. The molecule has 0 atom stereocenters. The van der Waals surface area contributed by atoms with E-state index in [0.717, 1.165) is 23.2 Å². The predicted molar refractivity (Wildman–Crippen MR) is 123 cm³/mol. The molecule has 31 heavy (non-hydrogen) atoms. The van der Waals surface area contributed by atoms with Crippen molar-refractivity contribution in [2.75, 3.05) is 11.9 Å². The maximum absolute atomic E-state index is 12.9. The Hall–Kier alpha value is -3.57. The van der Waals surface area contributed by atoms with E-state index in [1.165, 1.54) is 6.26 Å². The van der Waals surface area contributed by atoms with Crippen molar-refractivity contribution in [3.05, 3.63) is 93.8 Å². The molecule has 0 aliphatic carbocycles. The Morgan fingerprint density at radius 3 is 2.61 bits per heavy atom. The zero-order valence-electron chi connectivity index (χ0n) is 16.9.